The molecule has 3 rings (SSSR count). The minimum atomic E-state index is 0.294. The zero-order chi connectivity index (χ0) is 11.7. The van der Waals surface area contributed by atoms with E-state index in [9.17, 15) is 0 Å². The van der Waals surface area contributed by atoms with Crippen molar-refractivity contribution in [1.29, 1.82) is 0 Å². The molecule has 4 nitrogen and oxygen atoms in total. The van der Waals surface area contributed by atoms with Crippen LogP contribution in [0.4, 0.5) is 0 Å². The number of nitrogens with one attached hydrogen (secondary N) is 2. The number of fused-ring (bicyclic) bond motifs is 1. The van der Waals surface area contributed by atoms with Crippen LogP contribution in [0.1, 0.15) is 18.4 Å². The zero-order valence-electron chi connectivity index (χ0n) is 9.99. The van der Waals surface area contributed by atoms with Gasteiger partial charge in [-0.15, -0.1) is 0 Å². The van der Waals surface area contributed by atoms with E-state index in [2.05, 4.69) is 28.5 Å². The van der Waals surface area contributed by atoms with Gasteiger partial charge in [-0.1, -0.05) is 0 Å². The molecule has 0 spiro atoms. The Hall–Kier alpha value is -1.55. The Morgan fingerprint density at radius 2 is 2.35 bits per heavy atom. The summed E-state index contributed by atoms with van der Waals surface area (Å²) in [6, 6.07) is 4.16. The molecule has 2 aromatic rings. The number of aromatic nitrogens is 2. The van der Waals surface area contributed by atoms with Crippen molar-refractivity contribution in [1.82, 2.24) is 15.5 Å². The Morgan fingerprint density at radius 1 is 1.41 bits per heavy atom. The fraction of sp³-hybridized carbons (Fsp3) is 0.462. The molecular weight excluding hydrogens is 214 g/mol. The lowest BCUT2D eigenvalue weighted by atomic mass is 10.1. The normalized spacial score (nSPS) is 20.6. The summed E-state index contributed by atoms with van der Waals surface area (Å²) in [6.07, 6.45) is 4.46. The molecule has 0 aliphatic carbocycles. The Bertz CT molecular complexity index is 514. The number of aromatic amines is 1. The van der Waals surface area contributed by atoms with Gasteiger partial charge in [0.1, 0.15) is 11.9 Å². The van der Waals surface area contributed by atoms with Crippen LogP contribution in [0.5, 0.6) is 5.75 Å². The van der Waals surface area contributed by atoms with Gasteiger partial charge in [0.05, 0.1) is 11.7 Å². The van der Waals surface area contributed by atoms with Crippen molar-refractivity contribution in [2.45, 2.75) is 25.9 Å². The molecule has 0 bridgehead atoms. The molecule has 1 fully saturated rings. The molecule has 1 unspecified atom stereocenters. The molecule has 1 aliphatic rings. The predicted molar refractivity (Wildman–Crippen MR) is 67.4 cm³/mol. The number of hydrogen-bond donors (Lipinski definition) is 2. The molecule has 0 saturated carbocycles. The van der Waals surface area contributed by atoms with Crippen LogP contribution in [0.2, 0.25) is 0 Å². The lowest BCUT2D eigenvalue weighted by Gasteiger charge is -2.24. The van der Waals surface area contributed by atoms with Crippen LogP contribution in [-0.2, 0) is 0 Å². The number of piperidine rings is 1. The maximum Gasteiger partial charge on any atom is 0.124 e. The molecular formula is C13H17N3O. The van der Waals surface area contributed by atoms with Crippen LogP contribution in [-0.4, -0.2) is 29.4 Å². The van der Waals surface area contributed by atoms with Crippen LogP contribution in [0, 0.1) is 6.92 Å². The van der Waals surface area contributed by atoms with E-state index >= 15 is 0 Å². The smallest absolute Gasteiger partial charge is 0.124 e. The number of ether oxygens (including phenoxy) is 1. The summed E-state index contributed by atoms with van der Waals surface area (Å²) < 4.78 is 6.05. The third-order valence-corrected chi connectivity index (χ3v) is 3.28. The van der Waals surface area contributed by atoms with Crippen LogP contribution in [0.15, 0.2) is 18.3 Å². The van der Waals surface area contributed by atoms with Gasteiger partial charge < -0.3 is 10.1 Å². The van der Waals surface area contributed by atoms with Gasteiger partial charge in [-0.25, -0.2) is 0 Å². The van der Waals surface area contributed by atoms with Crippen molar-refractivity contribution in [3.8, 4) is 5.75 Å². The van der Waals surface area contributed by atoms with E-state index in [1.165, 1.54) is 12.0 Å². The lowest BCUT2D eigenvalue weighted by molar-refractivity contribution is 0.166. The molecule has 1 atom stereocenters. The molecule has 1 saturated heterocycles. The SMILES string of the molecule is Cc1cc2cn[nH]c2cc1OC1CCCNC1. The summed E-state index contributed by atoms with van der Waals surface area (Å²) in [5.74, 6) is 0.968. The highest BCUT2D eigenvalue weighted by Gasteiger charge is 2.15. The predicted octanol–water partition coefficient (Wildman–Crippen LogP) is 2.00. The van der Waals surface area contributed by atoms with Crippen molar-refractivity contribution in [3.05, 3.63) is 23.9 Å². The van der Waals surface area contributed by atoms with Crippen LogP contribution < -0.4 is 10.1 Å². The molecule has 1 aromatic heterocycles. The molecule has 2 heterocycles. The first-order chi connectivity index (χ1) is 8.33. The van der Waals surface area contributed by atoms with E-state index < -0.39 is 0 Å². The van der Waals surface area contributed by atoms with Crippen LogP contribution >= 0.6 is 0 Å². The number of rotatable bonds is 2. The van der Waals surface area contributed by atoms with Crippen molar-refractivity contribution in [2.24, 2.45) is 0 Å². The van der Waals surface area contributed by atoms with E-state index in [4.69, 9.17) is 4.74 Å². The molecule has 0 radical (unpaired) electrons. The molecule has 0 amide bonds. The van der Waals surface area contributed by atoms with Gasteiger partial charge in [-0.3, -0.25) is 5.10 Å². The maximum atomic E-state index is 6.05. The van der Waals surface area contributed by atoms with Gasteiger partial charge in [0.15, 0.2) is 0 Å². The Balaban J connectivity index is 1.85. The molecule has 4 heteroatoms. The summed E-state index contributed by atoms with van der Waals surface area (Å²) in [4.78, 5) is 0. The van der Waals surface area contributed by atoms with Crippen molar-refractivity contribution in [3.63, 3.8) is 0 Å². The highest BCUT2D eigenvalue weighted by Crippen LogP contribution is 2.25. The molecule has 17 heavy (non-hydrogen) atoms. The molecule has 2 N–H and O–H groups in total. The third kappa shape index (κ3) is 2.13. The van der Waals surface area contributed by atoms with E-state index in [1.807, 2.05) is 12.3 Å². The van der Waals surface area contributed by atoms with Gasteiger partial charge in [0, 0.05) is 18.0 Å². The van der Waals surface area contributed by atoms with Gasteiger partial charge in [0.25, 0.3) is 0 Å². The first kappa shape index (κ1) is 10.6. The number of nitrogens with zero attached hydrogens (tertiary/aromatic N) is 1. The van der Waals surface area contributed by atoms with E-state index in [-0.39, 0.29) is 0 Å². The third-order valence-electron chi connectivity index (χ3n) is 3.28. The van der Waals surface area contributed by atoms with Gasteiger partial charge in [0.2, 0.25) is 0 Å². The first-order valence-corrected chi connectivity index (χ1v) is 6.14. The van der Waals surface area contributed by atoms with Gasteiger partial charge in [-0.2, -0.15) is 5.10 Å². The molecule has 1 aromatic carbocycles. The van der Waals surface area contributed by atoms with Crippen LogP contribution in [0.3, 0.4) is 0 Å². The summed E-state index contributed by atoms with van der Waals surface area (Å²) >= 11 is 0. The average Bonchev–Trinajstić information content (AvgIpc) is 2.78. The fourth-order valence-electron chi connectivity index (χ4n) is 2.31. The second kappa shape index (κ2) is 4.37. The largest absolute Gasteiger partial charge is 0.489 e. The average molecular weight is 231 g/mol. The monoisotopic (exact) mass is 231 g/mol. The second-order valence-electron chi connectivity index (χ2n) is 4.66. The number of aryl methyl sites for hydroxylation is 1. The minimum absolute atomic E-state index is 0.294. The Labute approximate surface area is 100 Å². The Morgan fingerprint density at radius 3 is 3.18 bits per heavy atom. The maximum absolute atomic E-state index is 6.05. The molecule has 90 valence electrons. The fourth-order valence-corrected chi connectivity index (χ4v) is 2.31. The van der Waals surface area contributed by atoms with E-state index in [0.29, 0.717) is 6.10 Å². The minimum Gasteiger partial charge on any atom is -0.489 e. The lowest BCUT2D eigenvalue weighted by Crippen LogP contribution is -2.37. The second-order valence-corrected chi connectivity index (χ2v) is 4.66. The quantitative estimate of drug-likeness (QED) is 0.831. The van der Waals surface area contributed by atoms with Crippen LogP contribution in [0.25, 0.3) is 10.9 Å². The van der Waals surface area contributed by atoms with Gasteiger partial charge >= 0.3 is 0 Å². The number of benzene rings is 1. The van der Waals surface area contributed by atoms with Gasteiger partial charge in [-0.05, 0) is 37.9 Å². The summed E-state index contributed by atoms with van der Waals surface area (Å²) in [5, 5.41) is 11.5. The summed E-state index contributed by atoms with van der Waals surface area (Å²) in [7, 11) is 0. The zero-order valence-corrected chi connectivity index (χ0v) is 9.99. The summed E-state index contributed by atoms with van der Waals surface area (Å²) in [5.41, 5.74) is 2.21. The van der Waals surface area contributed by atoms with E-state index in [0.717, 1.165) is 36.2 Å². The first-order valence-electron chi connectivity index (χ1n) is 6.14. The highest BCUT2D eigenvalue weighted by molar-refractivity contribution is 5.80. The van der Waals surface area contributed by atoms with Crippen molar-refractivity contribution >= 4 is 10.9 Å². The standard InChI is InChI=1S/C13H17N3O/c1-9-5-10-7-15-16-12(10)6-13(9)17-11-3-2-4-14-8-11/h5-7,11,14H,2-4,8H2,1H3,(H,15,16). The van der Waals surface area contributed by atoms with Crippen molar-refractivity contribution in [2.75, 3.05) is 13.1 Å². The topological polar surface area (TPSA) is 49.9 Å². The number of hydrogen-bond acceptors (Lipinski definition) is 3. The van der Waals surface area contributed by atoms with E-state index in [1.54, 1.807) is 0 Å². The molecule has 1 aliphatic heterocycles. The number of H-pyrrole nitrogens is 1. The summed E-state index contributed by atoms with van der Waals surface area (Å²) in [6.45, 7) is 4.14. The van der Waals surface area contributed by atoms with Crippen molar-refractivity contribution < 1.29 is 4.74 Å². The Kier molecular flexibility index (Phi) is 2.73. The highest BCUT2D eigenvalue weighted by atomic mass is 16.5.